The molecule has 4 nitrogen and oxygen atoms in total. The van der Waals surface area contributed by atoms with Gasteiger partial charge in [0, 0.05) is 0 Å². The summed E-state index contributed by atoms with van der Waals surface area (Å²) in [6.07, 6.45) is -46.2. The van der Waals surface area contributed by atoms with Gasteiger partial charge in [0.05, 0.1) is 0 Å². The van der Waals surface area contributed by atoms with Crippen LogP contribution in [0.2, 0.25) is 0 Å². The van der Waals surface area contributed by atoms with E-state index in [0.717, 1.165) is 0 Å². The lowest BCUT2D eigenvalue weighted by Crippen LogP contribution is -2.78. The molecule has 0 aromatic rings. The number of rotatable bonds is 7. The van der Waals surface area contributed by atoms with E-state index in [9.17, 15) is 87.8 Å². The zero-order valence-electron chi connectivity index (χ0n) is 13.7. The van der Waals surface area contributed by atoms with Crippen molar-refractivity contribution in [3.05, 3.63) is 0 Å². The predicted octanol–water partition coefficient (Wildman–Crippen LogP) is 6.11. The quantitative estimate of drug-likeness (QED) is 0.275. The number of halogens is 20. The standard InChI is InChI=1S/C8F20O4Si/c9-1(10,2(11,12)13)5(19,29-4(17,18)3(14,15)16)33(30-6(20,21)22,31-7(23,24)25)32-8(26,27)28. The molecule has 0 amide bonds. The van der Waals surface area contributed by atoms with E-state index in [1.165, 1.54) is 4.74 Å². The maximum absolute atomic E-state index is 14.5. The molecule has 1 unspecified atom stereocenters. The first kappa shape index (κ1) is 31.7. The molecule has 0 bridgehead atoms. The minimum atomic E-state index is -10.1. The molecule has 0 saturated carbocycles. The molecule has 0 aliphatic carbocycles. The summed E-state index contributed by atoms with van der Waals surface area (Å²) in [7, 11) is -10.1. The molecule has 0 aliphatic heterocycles. The second kappa shape index (κ2) is 8.40. The summed E-state index contributed by atoms with van der Waals surface area (Å²) in [4.78, 5) is 0. The van der Waals surface area contributed by atoms with Gasteiger partial charge in [-0.2, -0.15) is 48.3 Å². The molecule has 0 fully saturated rings. The van der Waals surface area contributed by atoms with Crippen LogP contribution in [0, 0.1) is 0 Å². The van der Waals surface area contributed by atoms with Crippen LogP contribution in [0.15, 0.2) is 0 Å². The average molecular weight is 568 g/mol. The van der Waals surface area contributed by atoms with Crippen LogP contribution < -0.4 is 0 Å². The van der Waals surface area contributed by atoms with E-state index in [0.29, 0.717) is 0 Å². The van der Waals surface area contributed by atoms with Crippen molar-refractivity contribution in [3.63, 3.8) is 0 Å². The third-order valence-corrected chi connectivity index (χ3v) is 5.21. The van der Waals surface area contributed by atoms with Gasteiger partial charge in [-0.25, -0.2) is 0 Å². The summed E-state index contributed by atoms with van der Waals surface area (Å²) < 4.78 is 258. The zero-order valence-corrected chi connectivity index (χ0v) is 14.7. The molecule has 0 aromatic heterocycles. The van der Waals surface area contributed by atoms with E-state index in [1.807, 2.05) is 0 Å². The first-order valence-corrected chi connectivity index (χ1v) is 8.14. The summed E-state index contributed by atoms with van der Waals surface area (Å²) in [5.74, 6) is -8.53. The van der Waals surface area contributed by atoms with E-state index in [-0.39, 0.29) is 0 Å². The Balaban J connectivity index is 7.67. The van der Waals surface area contributed by atoms with Gasteiger partial charge in [-0.3, -0.25) is 18.0 Å². The van der Waals surface area contributed by atoms with Gasteiger partial charge in [0.1, 0.15) is 0 Å². The van der Waals surface area contributed by atoms with Gasteiger partial charge in [0.25, 0.3) is 0 Å². The Bertz CT molecular complexity index is 629. The van der Waals surface area contributed by atoms with Crippen LogP contribution in [-0.2, 0) is 18.0 Å². The van der Waals surface area contributed by atoms with Crippen molar-refractivity contribution in [2.45, 2.75) is 48.9 Å². The van der Waals surface area contributed by atoms with E-state index in [2.05, 4.69) is 0 Å². The highest BCUT2D eigenvalue weighted by molar-refractivity contribution is 6.64. The van der Waals surface area contributed by atoms with Crippen molar-refractivity contribution < 1.29 is 106 Å². The van der Waals surface area contributed by atoms with Gasteiger partial charge in [0.15, 0.2) is 0 Å². The molecule has 0 aromatic carbocycles. The van der Waals surface area contributed by atoms with Crippen LogP contribution in [-0.4, -0.2) is 57.8 Å². The summed E-state index contributed by atoms with van der Waals surface area (Å²) in [6.45, 7) is 0. The Morgan fingerprint density at radius 1 is 0.394 bits per heavy atom. The van der Waals surface area contributed by atoms with Crippen molar-refractivity contribution in [2.75, 3.05) is 0 Å². The fraction of sp³-hybridized carbons (Fsp3) is 1.00. The minimum absolute atomic E-state index is 1.28. The lowest BCUT2D eigenvalue weighted by atomic mass is 10.3. The van der Waals surface area contributed by atoms with Crippen molar-refractivity contribution in [1.29, 1.82) is 0 Å². The van der Waals surface area contributed by atoms with E-state index in [4.69, 9.17) is 0 Å². The zero-order chi connectivity index (χ0) is 27.3. The number of ether oxygens (including phenoxy) is 1. The van der Waals surface area contributed by atoms with Gasteiger partial charge < -0.3 is 0 Å². The molecular weight excluding hydrogens is 568 g/mol. The largest absolute Gasteiger partial charge is 0.595 e. The highest BCUT2D eigenvalue weighted by Crippen LogP contribution is 2.57. The highest BCUT2D eigenvalue weighted by atomic mass is 28.4. The topological polar surface area (TPSA) is 36.9 Å². The molecule has 0 rings (SSSR count). The van der Waals surface area contributed by atoms with Crippen molar-refractivity contribution in [1.82, 2.24) is 0 Å². The summed E-state index contributed by atoms with van der Waals surface area (Å²) in [5, 5.41) is 0. The molecule has 0 aliphatic rings. The second-order valence-corrected chi connectivity index (χ2v) is 7.35. The third-order valence-electron chi connectivity index (χ3n) is 2.50. The maximum Gasteiger partial charge on any atom is 0.595 e. The third kappa shape index (κ3) is 7.32. The van der Waals surface area contributed by atoms with E-state index < -0.39 is 57.8 Å². The van der Waals surface area contributed by atoms with Gasteiger partial charge in [0.2, 0.25) is 0 Å². The van der Waals surface area contributed by atoms with Gasteiger partial charge in [-0.05, 0) is 0 Å². The molecule has 1 atom stereocenters. The fourth-order valence-corrected chi connectivity index (χ4v) is 3.66. The van der Waals surface area contributed by atoms with Crippen molar-refractivity contribution >= 4 is 8.80 Å². The van der Waals surface area contributed by atoms with Crippen LogP contribution in [0.4, 0.5) is 87.8 Å². The molecule has 200 valence electrons. The smallest absolute Gasteiger partial charge is 0.280 e. The Hall–Kier alpha value is -1.34. The van der Waals surface area contributed by atoms with Crippen molar-refractivity contribution in [2.24, 2.45) is 0 Å². The van der Waals surface area contributed by atoms with Crippen LogP contribution >= 0.6 is 0 Å². The lowest BCUT2D eigenvalue weighted by molar-refractivity contribution is -0.481. The SMILES string of the molecule is FC(F)(F)O[Si](OC(F)(F)F)(OC(F)(F)F)C(F)(OC(F)(F)C(F)(F)F)C(F)(F)C(F)(F)F. The Morgan fingerprint density at radius 3 is 0.848 bits per heavy atom. The molecule has 0 spiro atoms. The summed E-state index contributed by atoms with van der Waals surface area (Å²) in [5.41, 5.74) is -8.46. The maximum atomic E-state index is 14.5. The average Bonchev–Trinajstić information content (AvgIpc) is 2.37. The van der Waals surface area contributed by atoms with Gasteiger partial charge >= 0.3 is 57.8 Å². The monoisotopic (exact) mass is 568 g/mol. The normalized spacial score (nSPS) is 17.8. The van der Waals surface area contributed by atoms with Crippen LogP contribution in [0.1, 0.15) is 0 Å². The van der Waals surface area contributed by atoms with Crippen molar-refractivity contribution in [3.8, 4) is 0 Å². The number of hydrogen-bond donors (Lipinski definition) is 0. The summed E-state index contributed by atoms with van der Waals surface area (Å²) >= 11 is 0. The molecule has 33 heavy (non-hydrogen) atoms. The van der Waals surface area contributed by atoms with Crippen LogP contribution in [0.3, 0.4) is 0 Å². The molecule has 0 radical (unpaired) electrons. The van der Waals surface area contributed by atoms with Gasteiger partial charge in [-0.15, -0.1) is 39.5 Å². The Labute approximate surface area is 165 Å². The molecule has 25 heteroatoms. The molecule has 0 heterocycles. The minimum Gasteiger partial charge on any atom is -0.280 e. The summed E-state index contributed by atoms with van der Waals surface area (Å²) in [6, 6.07) is 0. The van der Waals surface area contributed by atoms with E-state index in [1.54, 1.807) is 13.3 Å². The second-order valence-electron chi connectivity index (χ2n) is 4.98. The van der Waals surface area contributed by atoms with Crippen LogP contribution in [0.25, 0.3) is 0 Å². The first-order valence-electron chi connectivity index (χ1n) is 6.41. The predicted molar refractivity (Wildman–Crippen MR) is 54.1 cm³/mol. The van der Waals surface area contributed by atoms with Crippen LogP contribution in [0.5, 0.6) is 0 Å². The Kier molecular flexibility index (Phi) is 8.06. The molecule has 0 saturated heterocycles. The molecular formula is C8F20O4Si. The fourth-order valence-electron chi connectivity index (χ4n) is 1.45. The Morgan fingerprint density at radius 2 is 0.667 bits per heavy atom. The first-order chi connectivity index (χ1) is 13.8. The molecule has 0 N–H and O–H groups in total. The number of alkyl halides is 20. The van der Waals surface area contributed by atoms with E-state index >= 15 is 0 Å². The number of hydrogen-bond acceptors (Lipinski definition) is 4. The highest BCUT2D eigenvalue weighted by Gasteiger charge is 2.92. The van der Waals surface area contributed by atoms with Gasteiger partial charge in [-0.1, -0.05) is 0 Å². The lowest BCUT2D eigenvalue weighted by Gasteiger charge is -2.44.